The second kappa shape index (κ2) is 7.02. The van der Waals surface area contributed by atoms with Gasteiger partial charge in [0.25, 0.3) is 5.89 Å². The third-order valence-electron chi connectivity index (χ3n) is 3.37. The number of hydrogen-bond donors (Lipinski definition) is 1. The molecule has 0 aliphatic carbocycles. The molecule has 0 unspecified atom stereocenters. The highest BCUT2D eigenvalue weighted by Gasteiger charge is 2.09. The topological polar surface area (TPSA) is 51.0 Å². The number of benzene rings is 2. The molecule has 3 rings (SSSR count). The lowest BCUT2D eigenvalue weighted by Crippen LogP contribution is -2.13. The first kappa shape index (κ1) is 15.8. The van der Waals surface area contributed by atoms with E-state index in [9.17, 15) is 4.39 Å². The summed E-state index contributed by atoms with van der Waals surface area (Å²) in [5.41, 5.74) is 2.52. The molecule has 1 N–H and O–H groups in total. The summed E-state index contributed by atoms with van der Waals surface area (Å²) < 4.78 is 19.5. The summed E-state index contributed by atoms with van der Waals surface area (Å²) in [4.78, 5) is 4.36. The molecule has 0 spiro atoms. The number of rotatable bonds is 5. The van der Waals surface area contributed by atoms with Crippen LogP contribution in [0.1, 0.15) is 17.0 Å². The van der Waals surface area contributed by atoms with Gasteiger partial charge >= 0.3 is 0 Å². The van der Waals surface area contributed by atoms with Gasteiger partial charge < -0.3 is 9.84 Å². The van der Waals surface area contributed by atoms with Crippen molar-refractivity contribution in [2.24, 2.45) is 0 Å². The fourth-order valence-corrected chi connectivity index (χ4v) is 2.60. The Morgan fingerprint density at radius 3 is 2.83 bits per heavy atom. The molecule has 3 aromatic rings. The van der Waals surface area contributed by atoms with E-state index in [4.69, 9.17) is 4.52 Å². The third kappa shape index (κ3) is 4.03. The van der Waals surface area contributed by atoms with Crippen molar-refractivity contribution in [3.63, 3.8) is 0 Å². The number of halogens is 2. The number of aryl methyl sites for hydroxylation is 1. The van der Waals surface area contributed by atoms with E-state index in [1.807, 2.05) is 30.3 Å². The maximum Gasteiger partial charge on any atom is 0.258 e. The molecule has 0 aliphatic heterocycles. The van der Waals surface area contributed by atoms with Gasteiger partial charge in [-0.3, -0.25) is 0 Å². The first-order chi connectivity index (χ1) is 11.1. The van der Waals surface area contributed by atoms with Gasteiger partial charge in [0.15, 0.2) is 5.82 Å². The van der Waals surface area contributed by atoms with Gasteiger partial charge in [0.05, 0.1) is 6.54 Å². The van der Waals surface area contributed by atoms with Crippen LogP contribution < -0.4 is 5.32 Å². The maximum atomic E-state index is 13.2. The van der Waals surface area contributed by atoms with Crippen LogP contribution in [0.5, 0.6) is 0 Å². The van der Waals surface area contributed by atoms with Gasteiger partial charge in [0.2, 0.25) is 0 Å². The van der Waals surface area contributed by atoms with E-state index in [2.05, 4.69) is 31.4 Å². The van der Waals surface area contributed by atoms with Gasteiger partial charge in [-0.15, -0.1) is 0 Å². The van der Waals surface area contributed by atoms with E-state index in [0.29, 0.717) is 30.4 Å². The Morgan fingerprint density at radius 2 is 2.04 bits per heavy atom. The maximum absolute atomic E-state index is 13.2. The lowest BCUT2D eigenvalue weighted by atomic mass is 10.1. The van der Waals surface area contributed by atoms with Crippen molar-refractivity contribution < 1.29 is 8.91 Å². The predicted octanol–water partition coefficient (Wildman–Crippen LogP) is 4.24. The molecule has 6 heteroatoms. The Morgan fingerprint density at radius 1 is 1.17 bits per heavy atom. The summed E-state index contributed by atoms with van der Waals surface area (Å²) in [5.74, 6) is 0.880. The van der Waals surface area contributed by atoms with E-state index >= 15 is 0 Å². The molecule has 2 aromatic carbocycles. The number of aromatic nitrogens is 2. The molecule has 0 fully saturated rings. The fourth-order valence-electron chi connectivity index (χ4n) is 2.20. The van der Waals surface area contributed by atoms with Crippen LogP contribution >= 0.6 is 15.9 Å². The second-order valence-corrected chi connectivity index (χ2v) is 6.13. The van der Waals surface area contributed by atoms with Crippen LogP contribution in [0, 0.1) is 12.7 Å². The average molecular weight is 376 g/mol. The molecule has 118 valence electrons. The van der Waals surface area contributed by atoms with Gasteiger partial charge in [-0.1, -0.05) is 39.3 Å². The lowest BCUT2D eigenvalue weighted by molar-refractivity contribution is 0.419. The van der Waals surface area contributed by atoms with Gasteiger partial charge in [-0.25, -0.2) is 4.39 Å². The Hall–Kier alpha value is -2.05. The van der Waals surface area contributed by atoms with Gasteiger partial charge in [-0.05, 0) is 42.3 Å². The number of nitrogens with zero attached hydrogens (tertiary/aromatic N) is 2. The molecule has 0 saturated heterocycles. The van der Waals surface area contributed by atoms with E-state index in [1.165, 1.54) is 6.07 Å². The molecular weight excluding hydrogens is 361 g/mol. The van der Waals surface area contributed by atoms with Crippen molar-refractivity contribution in [2.45, 2.75) is 20.0 Å². The van der Waals surface area contributed by atoms with Crippen molar-refractivity contribution in [3.05, 3.63) is 69.7 Å². The minimum atomic E-state index is -0.189. The van der Waals surface area contributed by atoms with Crippen molar-refractivity contribution in [1.29, 1.82) is 0 Å². The standard InChI is InChI=1S/C17H15BrFN3O/c1-11-7-12(5-6-15(11)19)9-20-10-16-21-17(23-22-16)13-3-2-4-14(18)8-13/h2-8,20H,9-10H2,1H3. The van der Waals surface area contributed by atoms with Gasteiger partial charge in [-0.2, -0.15) is 4.98 Å². The molecule has 0 saturated carbocycles. The molecule has 0 amide bonds. The zero-order chi connectivity index (χ0) is 16.2. The largest absolute Gasteiger partial charge is 0.334 e. The van der Waals surface area contributed by atoms with Crippen LogP contribution in [-0.4, -0.2) is 10.1 Å². The minimum Gasteiger partial charge on any atom is -0.334 e. The summed E-state index contributed by atoms with van der Waals surface area (Å²) in [6, 6.07) is 12.8. The second-order valence-electron chi connectivity index (χ2n) is 5.21. The molecular formula is C17H15BrFN3O. The van der Waals surface area contributed by atoms with Crippen LogP contribution in [0.2, 0.25) is 0 Å². The van der Waals surface area contributed by atoms with Crippen molar-refractivity contribution in [2.75, 3.05) is 0 Å². The van der Waals surface area contributed by atoms with Crippen LogP contribution in [0.3, 0.4) is 0 Å². The van der Waals surface area contributed by atoms with Crippen molar-refractivity contribution in [1.82, 2.24) is 15.5 Å². The van der Waals surface area contributed by atoms with Crippen molar-refractivity contribution >= 4 is 15.9 Å². The molecule has 4 nitrogen and oxygen atoms in total. The van der Waals surface area contributed by atoms with E-state index < -0.39 is 0 Å². The van der Waals surface area contributed by atoms with Crippen LogP contribution in [-0.2, 0) is 13.1 Å². The highest BCUT2D eigenvalue weighted by Crippen LogP contribution is 2.21. The molecule has 0 radical (unpaired) electrons. The number of nitrogens with one attached hydrogen (secondary N) is 1. The smallest absolute Gasteiger partial charge is 0.258 e. The molecule has 0 bridgehead atoms. The molecule has 23 heavy (non-hydrogen) atoms. The SMILES string of the molecule is Cc1cc(CNCc2noc(-c3cccc(Br)c3)n2)ccc1F. The van der Waals surface area contributed by atoms with Gasteiger partial charge in [0.1, 0.15) is 5.82 Å². The quantitative estimate of drug-likeness (QED) is 0.724. The highest BCUT2D eigenvalue weighted by molar-refractivity contribution is 9.10. The average Bonchev–Trinajstić information content (AvgIpc) is 3.00. The summed E-state index contributed by atoms with van der Waals surface area (Å²) in [6.45, 7) is 2.85. The third-order valence-corrected chi connectivity index (χ3v) is 3.87. The first-order valence-electron chi connectivity index (χ1n) is 7.16. The van der Waals surface area contributed by atoms with Crippen LogP contribution in [0.4, 0.5) is 4.39 Å². The van der Waals surface area contributed by atoms with E-state index in [1.54, 1.807) is 13.0 Å². The Labute approximate surface area is 141 Å². The Balaban J connectivity index is 1.60. The van der Waals surface area contributed by atoms with Crippen LogP contribution in [0.25, 0.3) is 11.5 Å². The van der Waals surface area contributed by atoms with Crippen molar-refractivity contribution in [3.8, 4) is 11.5 Å². The molecule has 1 aromatic heterocycles. The molecule has 1 heterocycles. The normalized spacial score (nSPS) is 10.9. The Bertz CT molecular complexity index is 819. The number of hydrogen-bond acceptors (Lipinski definition) is 4. The van der Waals surface area contributed by atoms with Crippen LogP contribution in [0.15, 0.2) is 51.5 Å². The van der Waals surface area contributed by atoms with Gasteiger partial charge in [0, 0.05) is 16.6 Å². The Kier molecular flexibility index (Phi) is 4.83. The highest BCUT2D eigenvalue weighted by atomic mass is 79.9. The molecule has 0 atom stereocenters. The predicted molar refractivity (Wildman–Crippen MR) is 89.1 cm³/mol. The summed E-state index contributed by atoms with van der Waals surface area (Å²) in [6.07, 6.45) is 0. The monoisotopic (exact) mass is 375 g/mol. The van der Waals surface area contributed by atoms with E-state index in [0.717, 1.165) is 15.6 Å². The summed E-state index contributed by atoms with van der Waals surface area (Å²) >= 11 is 3.42. The zero-order valence-corrected chi connectivity index (χ0v) is 14.1. The lowest BCUT2D eigenvalue weighted by Gasteiger charge is -2.04. The zero-order valence-electron chi connectivity index (χ0n) is 12.5. The minimum absolute atomic E-state index is 0.189. The molecule has 0 aliphatic rings. The summed E-state index contributed by atoms with van der Waals surface area (Å²) in [5, 5.41) is 7.19. The first-order valence-corrected chi connectivity index (χ1v) is 7.95. The van der Waals surface area contributed by atoms with E-state index in [-0.39, 0.29) is 5.82 Å². The summed E-state index contributed by atoms with van der Waals surface area (Å²) in [7, 11) is 0. The fraction of sp³-hybridized carbons (Fsp3) is 0.176.